The molecule has 132 valence electrons. The number of amides is 1. The summed E-state index contributed by atoms with van der Waals surface area (Å²) in [5.74, 6) is -0.0602. The molecule has 0 saturated heterocycles. The van der Waals surface area contributed by atoms with Crippen LogP contribution in [0, 0.1) is 5.82 Å². The first-order chi connectivity index (χ1) is 12.7. The van der Waals surface area contributed by atoms with Crippen LogP contribution >= 0.6 is 0 Å². The fourth-order valence-electron chi connectivity index (χ4n) is 2.37. The summed E-state index contributed by atoms with van der Waals surface area (Å²) in [6.45, 7) is 0.667. The monoisotopic (exact) mass is 351 g/mol. The lowest BCUT2D eigenvalue weighted by molar-refractivity contribution is -0.120. The molecule has 1 N–H and O–H groups in total. The summed E-state index contributed by atoms with van der Waals surface area (Å²) in [5.41, 5.74) is 2.31. The highest BCUT2D eigenvalue weighted by Crippen LogP contribution is 2.11. The van der Waals surface area contributed by atoms with Crippen molar-refractivity contribution in [2.24, 2.45) is 0 Å². The van der Waals surface area contributed by atoms with Gasteiger partial charge in [0.25, 0.3) is 0 Å². The van der Waals surface area contributed by atoms with Crippen molar-refractivity contribution < 1.29 is 13.9 Å². The summed E-state index contributed by atoms with van der Waals surface area (Å²) in [6, 6.07) is 15.2. The molecule has 0 bridgehead atoms. The van der Waals surface area contributed by atoms with Gasteiger partial charge in [-0.05, 0) is 41.5 Å². The Bertz CT molecular complexity index is 872. The van der Waals surface area contributed by atoms with Crippen molar-refractivity contribution in [1.29, 1.82) is 0 Å². The van der Waals surface area contributed by atoms with Crippen LogP contribution in [-0.2, 0) is 24.4 Å². The first-order valence-corrected chi connectivity index (χ1v) is 8.18. The molecule has 0 fully saturated rings. The summed E-state index contributed by atoms with van der Waals surface area (Å²) in [6.07, 6.45) is 3.46. The van der Waals surface area contributed by atoms with Crippen molar-refractivity contribution in [1.82, 2.24) is 15.3 Å². The molecule has 5 nitrogen and oxygen atoms in total. The summed E-state index contributed by atoms with van der Waals surface area (Å²) >= 11 is 0. The average Bonchev–Trinajstić information content (AvgIpc) is 2.66. The molecule has 6 heteroatoms. The second-order valence-electron chi connectivity index (χ2n) is 5.70. The predicted molar refractivity (Wildman–Crippen MR) is 94.8 cm³/mol. The third kappa shape index (κ3) is 5.37. The van der Waals surface area contributed by atoms with Crippen LogP contribution in [0.25, 0.3) is 0 Å². The Labute approximate surface area is 150 Å². The molecule has 0 aliphatic carbocycles. The molecular weight excluding hydrogens is 333 g/mol. The number of halogens is 1. The molecule has 1 aromatic carbocycles. The molecule has 1 amide bonds. The molecule has 3 rings (SSSR count). The van der Waals surface area contributed by atoms with Crippen molar-refractivity contribution in [2.75, 3.05) is 0 Å². The molecule has 0 spiro atoms. The SMILES string of the molecule is O=C(Cc1cccc(F)c1)NCc1ccnc(OCc2ccccn2)c1. The van der Waals surface area contributed by atoms with Gasteiger partial charge in [-0.2, -0.15) is 0 Å². The quantitative estimate of drug-likeness (QED) is 0.711. The minimum absolute atomic E-state index is 0.131. The van der Waals surface area contributed by atoms with E-state index in [2.05, 4.69) is 15.3 Å². The van der Waals surface area contributed by atoms with Crippen molar-refractivity contribution in [3.63, 3.8) is 0 Å². The van der Waals surface area contributed by atoms with Gasteiger partial charge in [-0.3, -0.25) is 9.78 Å². The molecule has 26 heavy (non-hydrogen) atoms. The molecule has 0 unspecified atom stereocenters. The first kappa shape index (κ1) is 17.5. The van der Waals surface area contributed by atoms with E-state index in [0.29, 0.717) is 24.6 Å². The lowest BCUT2D eigenvalue weighted by Gasteiger charge is -2.08. The molecule has 0 aliphatic heterocycles. The Morgan fingerprint density at radius 2 is 1.92 bits per heavy atom. The molecule has 0 atom stereocenters. The minimum Gasteiger partial charge on any atom is -0.471 e. The van der Waals surface area contributed by atoms with E-state index >= 15 is 0 Å². The summed E-state index contributed by atoms with van der Waals surface area (Å²) in [7, 11) is 0. The number of ether oxygens (including phenoxy) is 1. The molecule has 0 radical (unpaired) electrons. The largest absolute Gasteiger partial charge is 0.471 e. The van der Waals surface area contributed by atoms with E-state index in [4.69, 9.17) is 4.74 Å². The number of benzene rings is 1. The van der Waals surface area contributed by atoms with Gasteiger partial charge in [-0.25, -0.2) is 9.37 Å². The van der Waals surface area contributed by atoms with Crippen molar-refractivity contribution in [3.8, 4) is 5.88 Å². The van der Waals surface area contributed by atoms with Crippen LogP contribution in [0.2, 0.25) is 0 Å². The van der Waals surface area contributed by atoms with Gasteiger partial charge in [-0.1, -0.05) is 18.2 Å². The van der Waals surface area contributed by atoms with E-state index in [-0.39, 0.29) is 18.1 Å². The maximum Gasteiger partial charge on any atom is 0.224 e. The Hall–Kier alpha value is -3.28. The van der Waals surface area contributed by atoms with Gasteiger partial charge in [0.05, 0.1) is 12.1 Å². The van der Waals surface area contributed by atoms with Crippen molar-refractivity contribution in [2.45, 2.75) is 19.6 Å². The Morgan fingerprint density at radius 1 is 1.00 bits per heavy atom. The number of nitrogens with one attached hydrogen (secondary N) is 1. The van der Waals surface area contributed by atoms with Crippen LogP contribution in [0.4, 0.5) is 4.39 Å². The van der Waals surface area contributed by atoms with Gasteiger partial charge < -0.3 is 10.1 Å². The van der Waals surface area contributed by atoms with Gasteiger partial charge in [0.1, 0.15) is 12.4 Å². The van der Waals surface area contributed by atoms with Crippen LogP contribution in [-0.4, -0.2) is 15.9 Å². The normalized spacial score (nSPS) is 10.3. The van der Waals surface area contributed by atoms with Gasteiger partial charge in [0, 0.05) is 25.0 Å². The van der Waals surface area contributed by atoms with Gasteiger partial charge >= 0.3 is 0 Å². The molecule has 0 saturated carbocycles. The average molecular weight is 351 g/mol. The third-order valence-corrected chi connectivity index (χ3v) is 3.64. The highest BCUT2D eigenvalue weighted by atomic mass is 19.1. The lowest BCUT2D eigenvalue weighted by Crippen LogP contribution is -2.24. The fraction of sp³-hybridized carbons (Fsp3) is 0.150. The standard InChI is InChI=1S/C20H18FN3O2/c21-17-5-3-4-15(10-17)11-19(25)24-13-16-7-9-23-20(12-16)26-14-18-6-1-2-8-22-18/h1-10,12H,11,13-14H2,(H,24,25). The third-order valence-electron chi connectivity index (χ3n) is 3.64. The number of hydrogen-bond donors (Lipinski definition) is 1. The Balaban J connectivity index is 1.51. The Kier molecular flexibility index (Phi) is 5.88. The zero-order valence-electron chi connectivity index (χ0n) is 14.1. The van der Waals surface area contributed by atoms with Crippen LogP contribution in [0.1, 0.15) is 16.8 Å². The zero-order chi connectivity index (χ0) is 18.2. The van der Waals surface area contributed by atoms with Crippen LogP contribution in [0.5, 0.6) is 5.88 Å². The minimum atomic E-state index is -0.348. The van der Waals surface area contributed by atoms with E-state index < -0.39 is 0 Å². The lowest BCUT2D eigenvalue weighted by atomic mass is 10.1. The number of aromatic nitrogens is 2. The summed E-state index contributed by atoms with van der Waals surface area (Å²) in [4.78, 5) is 20.3. The second-order valence-corrected chi connectivity index (χ2v) is 5.70. The molecule has 2 heterocycles. The number of rotatable bonds is 7. The molecule has 0 aliphatic rings. The molecular formula is C20H18FN3O2. The molecule has 3 aromatic rings. The Morgan fingerprint density at radius 3 is 2.73 bits per heavy atom. The first-order valence-electron chi connectivity index (χ1n) is 8.18. The number of hydrogen-bond acceptors (Lipinski definition) is 4. The van der Waals surface area contributed by atoms with Crippen molar-refractivity contribution in [3.05, 3.63) is 89.6 Å². The number of carbonyl (C=O) groups is 1. The predicted octanol–water partition coefficient (Wildman–Crippen LogP) is 3.05. The van der Waals surface area contributed by atoms with E-state index in [1.165, 1.54) is 12.1 Å². The highest BCUT2D eigenvalue weighted by molar-refractivity contribution is 5.78. The van der Waals surface area contributed by atoms with Gasteiger partial charge in [0.15, 0.2) is 0 Å². The highest BCUT2D eigenvalue weighted by Gasteiger charge is 2.05. The van der Waals surface area contributed by atoms with Gasteiger partial charge in [0.2, 0.25) is 11.8 Å². The molecule has 2 aromatic heterocycles. The van der Waals surface area contributed by atoms with Crippen LogP contribution < -0.4 is 10.1 Å². The number of pyridine rings is 2. The van der Waals surface area contributed by atoms with E-state index in [0.717, 1.165) is 11.3 Å². The van der Waals surface area contributed by atoms with Crippen molar-refractivity contribution >= 4 is 5.91 Å². The summed E-state index contributed by atoms with van der Waals surface area (Å²) < 4.78 is 18.8. The van der Waals surface area contributed by atoms with E-state index in [1.54, 1.807) is 36.7 Å². The number of nitrogens with zero attached hydrogens (tertiary/aromatic N) is 2. The number of carbonyl (C=O) groups excluding carboxylic acids is 1. The topological polar surface area (TPSA) is 64.1 Å². The summed E-state index contributed by atoms with van der Waals surface area (Å²) in [5, 5.41) is 2.81. The second kappa shape index (κ2) is 8.71. The van der Waals surface area contributed by atoms with E-state index in [9.17, 15) is 9.18 Å². The maximum absolute atomic E-state index is 13.2. The zero-order valence-corrected chi connectivity index (χ0v) is 14.1. The smallest absolute Gasteiger partial charge is 0.224 e. The van der Waals surface area contributed by atoms with Gasteiger partial charge in [-0.15, -0.1) is 0 Å². The van der Waals surface area contributed by atoms with Crippen LogP contribution in [0.15, 0.2) is 67.0 Å². The maximum atomic E-state index is 13.2. The van der Waals surface area contributed by atoms with Crippen LogP contribution in [0.3, 0.4) is 0 Å². The van der Waals surface area contributed by atoms with E-state index in [1.807, 2.05) is 18.2 Å². The fourth-order valence-corrected chi connectivity index (χ4v) is 2.37.